The molecule has 5 aliphatic carbocycles. The maximum Gasteiger partial charge on any atom is 0.338 e. The average Bonchev–Trinajstić information content (AvgIpc) is 3.34. The van der Waals surface area contributed by atoms with Crippen molar-refractivity contribution in [3.8, 4) is 0 Å². The van der Waals surface area contributed by atoms with E-state index in [0.29, 0.717) is 17.8 Å². The molecule has 5 saturated carbocycles. The molecule has 0 bridgehead atoms. The first kappa shape index (κ1) is 30.8. The van der Waals surface area contributed by atoms with E-state index in [2.05, 4.69) is 48.1 Å². The lowest BCUT2D eigenvalue weighted by Crippen LogP contribution is -2.67. The van der Waals surface area contributed by atoms with Gasteiger partial charge in [-0.25, -0.2) is 13.6 Å². The van der Waals surface area contributed by atoms with E-state index in [1.807, 2.05) is 0 Å². The molecule has 4 nitrogen and oxygen atoms in total. The van der Waals surface area contributed by atoms with Crippen molar-refractivity contribution in [1.82, 2.24) is 0 Å². The molecule has 1 N–H and O–H groups in total. The van der Waals surface area contributed by atoms with Crippen LogP contribution in [0.3, 0.4) is 0 Å². The molecule has 0 spiro atoms. The highest BCUT2D eigenvalue weighted by molar-refractivity contribution is 5.89. The van der Waals surface area contributed by atoms with Crippen molar-refractivity contribution in [2.75, 3.05) is 0 Å². The molecule has 43 heavy (non-hydrogen) atoms. The molecule has 5 aliphatic rings. The molecule has 6 rings (SSSR count). The summed E-state index contributed by atoms with van der Waals surface area (Å²) < 4.78 is 33.4. The van der Waals surface area contributed by atoms with E-state index in [-0.39, 0.29) is 45.2 Å². The second-order valence-electron chi connectivity index (χ2n) is 16.5. The lowest BCUT2D eigenvalue weighted by Gasteiger charge is -2.72. The van der Waals surface area contributed by atoms with Crippen LogP contribution >= 0.6 is 0 Å². The maximum absolute atomic E-state index is 13.9. The van der Waals surface area contributed by atoms with Gasteiger partial charge < -0.3 is 9.84 Å². The lowest BCUT2D eigenvalue weighted by molar-refractivity contribution is -0.248. The molecule has 0 radical (unpaired) electrons. The van der Waals surface area contributed by atoms with E-state index < -0.39 is 29.0 Å². The van der Waals surface area contributed by atoms with Gasteiger partial charge in [0.2, 0.25) is 0 Å². The monoisotopic (exact) mass is 596 g/mol. The summed E-state index contributed by atoms with van der Waals surface area (Å²) in [5.41, 5.74) is 0.529. The van der Waals surface area contributed by atoms with Gasteiger partial charge in [0, 0.05) is 5.41 Å². The molecule has 0 unspecified atom stereocenters. The van der Waals surface area contributed by atoms with Crippen LogP contribution in [0.15, 0.2) is 30.4 Å². The molecule has 0 aromatic heterocycles. The quantitative estimate of drug-likeness (QED) is 0.278. The van der Waals surface area contributed by atoms with E-state index in [9.17, 15) is 23.5 Å². The van der Waals surface area contributed by atoms with E-state index in [1.54, 1.807) is 0 Å². The normalized spacial score (nSPS) is 44.7. The predicted molar refractivity (Wildman–Crippen MR) is 162 cm³/mol. The molecule has 236 valence electrons. The number of allylic oxidation sites excluding steroid dienone is 1. The molecule has 0 amide bonds. The number of benzene rings is 1. The molecule has 0 heterocycles. The number of carbonyl (C=O) groups excluding carboxylic acids is 1. The predicted octanol–water partition coefficient (Wildman–Crippen LogP) is 9.23. The number of hydrogen-bond donors (Lipinski definition) is 1. The Hall–Kier alpha value is -2.24. The Morgan fingerprint density at radius 1 is 0.860 bits per heavy atom. The third-order valence-electron chi connectivity index (χ3n) is 14.8. The van der Waals surface area contributed by atoms with Gasteiger partial charge in [-0.3, -0.25) is 4.79 Å². The average molecular weight is 597 g/mol. The number of aliphatic carboxylic acids is 1. The second-order valence-corrected chi connectivity index (χ2v) is 16.5. The summed E-state index contributed by atoms with van der Waals surface area (Å²) in [6.07, 6.45) is 9.13. The third kappa shape index (κ3) is 4.09. The number of carbonyl (C=O) groups is 2. The van der Waals surface area contributed by atoms with Crippen LogP contribution in [0.25, 0.3) is 0 Å². The van der Waals surface area contributed by atoms with Crippen LogP contribution < -0.4 is 0 Å². The third-order valence-corrected chi connectivity index (χ3v) is 14.8. The molecule has 6 heteroatoms. The number of rotatable bonds is 4. The first-order valence-electron chi connectivity index (χ1n) is 16.6. The van der Waals surface area contributed by atoms with Gasteiger partial charge in [0.1, 0.15) is 6.10 Å². The van der Waals surface area contributed by atoms with Crippen molar-refractivity contribution in [2.45, 2.75) is 112 Å². The number of fused-ring (bicyclic) bond motifs is 7. The maximum atomic E-state index is 13.9. The first-order valence-corrected chi connectivity index (χ1v) is 16.6. The zero-order chi connectivity index (χ0) is 31.3. The number of ether oxygens (including phenoxy) is 1. The highest BCUT2D eigenvalue weighted by Crippen LogP contribution is 2.77. The topological polar surface area (TPSA) is 63.6 Å². The zero-order valence-electron chi connectivity index (χ0n) is 26.9. The van der Waals surface area contributed by atoms with Crippen molar-refractivity contribution in [3.63, 3.8) is 0 Å². The van der Waals surface area contributed by atoms with Gasteiger partial charge in [-0.15, -0.1) is 0 Å². The van der Waals surface area contributed by atoms with Crippen LogP contribution in [0.5, 0.6) is 0 Å². The number of hydrogen-bond acceptors (Lipinski definition) is 3. The van der Waals surface area contributed by atoms with E-state index in [4.69, 9.17) is 4.74 Å². The molecule has 1 aromatic carbocycles. The van der Waals surface area contributed by atoms with Gasteiger partial charge in [0.05, 0.1) is 11.0 Å². The van der Waals surface area contributed by atoms with E-state index in [0.717, 1.165) is 81.9 Å². The van der Waals surface area contributed by atoms with Crippen molar-refractivity contribution in [2.24, 2.45) is 56.7 Å². The highest BCUT2D eigenvalue weighted by atomic mass is 19.2. The van der Waals surface area contributed by atoms with Crippen molar-refractivity contribution < 1.29 is 28.2 Å². The van der Waals surface area contributed by atoms with Crippen LogP contribution in [0.1, 0.15) is 116 Å². The zero-order valence-corrected chi connectivity index (χ0v) is 26.9. The largest absolute Gasteiger partial charge is 0.481 e. The number of carboxylic acid groups (broad SMARTS) is 1. The highest BCUT2D eigenvalue weighted by Gasteiger charge is 2.72. The summed E-state index contributed by atoms with van der Waals surface area (Å²) >= 11 is 0. The fourth-order valence-corrected chi connectivity index (χ4v) is 12.5. The number of halogens is 2. The van der Waals surface area contributed by atoms with Crippen LogP contribution in [-0.2, 0) is 9.53 Å². The van der Waals surface area contributed by atoms with Crippen molar-refractivity contribution in [1.29, 1.82) is 0 Å². The van der Waals surface area contributed by atoms with Gasteiger partial charge in [0.25, 0.3) is 0 Å². The Morgan fingerprint density at radius 3 is 2.23 bits per heavy atom. The Bertz CT molecular complexity index is 1350. The summed E-state index contributed by atoms with van der Waals surface area (Å²) in [6.45, 7) is 18.4. The first-order chi connectivity index (χ1) is 20.0. The summed E-state index contributed by atoms with van der Waals surface area (Å²) in [6, 6.07) is 3.19. The summed E-state index contributed by atoms with van der Waals surface area (Å²) in [4.78, 5) is 26.0. The Kier molecular flexibility index (Phi) is 7.07. The number of carboxylic acids is 1. The second kappa shape index (κ2) is 9.88. The molecule has 10 atom stereocenters. The summed E-state index contributed by atoms with van der Waals surface area (Å²) in [5, 5.41) is 10.6. The van der Waals surface area contributed by atoms with E-state index in [1.165, 1.54) is 6.07 Å². The van der Waals surface area contributed by atoms with Gasteiger partial charge >= 0.3 is 11.9 Å². The number of esters is 1. The van der Waals surface area contributed by atoms with Crippen molar-refractivity contribution >= 4 is 11.9 Å². The minimum atomic E-state index is -1.05. The molecule has 0 aliphatic heterocycles. The van der Waals surface area contributed by atoms with Crippen LogP contribution in [0, 0.1) is 68.3 Å². The van der Waals surface area contributed by atoms with E-state index >= 15 is 0 Å². The van der Waals surface area contributed by atoms with Gasteiger partial charge in [-0.2, -0.15) is 0 Å². The SMILES string of the molecule is C=C(C)[C@@H]1CC[C@]2(C(=O)O)CC[C@]3(C)[C@H](CC[C@@H]4[C@@]5(C)CC[C@H](OC(=O)c6ccc(F)c(F)c6)C(C)(C)[C@@H]5CC[C@]43C)[C@@H]12. The van der Waals surface area contributed by atoms with Crippen LogP contribution in [0.2, 0.25) is 0 Å². The molecule has 1 aromatic rings. The van der Waals surface area contributed by atoms with Gasteiger partial charge in [-0.05, 0) is 135 Å². The van der Waals surface area contributed by atoms with Crippen molar-refractivity contribution in [3.05, 3.63) is 47.5 Å². The minimum absolute atomic E-state index is 0.0419. The standard InChI is InChI=1S/C37H50F2O4/c1-21(2)23-12-17-37(32(41)42)19-18-35(6)24(30(23)37)9-11-28-34(5)15-14-29(33(3,4)27(34)13-16-36(28,35)7)43-31(40)22-8-10-25(38)26(39)20-22/h8,10,20,23-24,27-30H,1,9,11-19H2,2-7H3,(H,41,42)/t23-,24+,27-,28+,29-,30+,34-,35+,36+,37-/m0/s1. The summed E-state index contributed by atoms with van der Waals surface area (Å²) in [5.74, 6) is -1.53. The molecular weight excluding hydrogens is 546 g/mol. The smallest absolute Gasteiger partial charge is 0.338 e. The Balaban J connectivity index is 1.28. The Morgan fingerprint density at radius 2 is 1.58 bits per heavy atom. The lowest BCUT2D eigenvalue weighted by atomic mass is 9.32. The minimum Gasteiger partial charge on any atom is -0.481 e. The summed E-state index contributed by atoms with van der Waals surface area (Å²) in [7, 11) is 0. The fraction of sp³-hybridized carbons (Fsp3) is 0.730. The van der Waals surface area contributed by atoms with Gasteiger partial charge in [0.15, 0.2) is 11.6 Å². The molecule has 0 saturated heterocycles. The molecular formula is C37H50F2O4. The van der Waals surface area contributed by atoms with Crippen LogP contribution in [-0.4, -0.2) is 23.1 Å². The van der Waals surface area contributed by atoms with Crippen LogP contribution in [0.4, 0.5) is 8.78 Å². The fourth-order valence-electron chi connectivity index (χ4n) is 12.5. The van der Waals surface area contributed by atoms with Gasteiger partial charge in [-0.1, -0.05) is 46.8 Å². The molecule has 5 fully saturated rings. The Labute approximate surface area is 256 Å².